The number of aromatic hydroxyl groups is 4. The number of alkyl halides is 1. The minimum Gasteiger partial charge on any atom is -0.507 e. The molecule has 0 saturated carbocycles. The highest BCUT2D eigenvalue weighted by atomic mass is 127. The molecule has 0 bridgehead atoms. The number of fused-ring (bicyclic) bond motifs is 2. The van der Waals surface area contributed by atoms with Crippen molar-refractivity contribution in [3.63, 3.8) is 0 Å². The molecule has 57 heavy (non-hydrogen) atoms. The van der Waals surface area contributed by atoms with E-state index in [1.807, 2.05) is 19.1 Å². The fraction of sp³-hybridized carbons (Fsp3) is 0.300. The van der Waals surface area contributed by atoms with Gasteiger partial charge in [-0.15, -0.1) is 0 Å². The maximum absolute atomic E-state index is 11.7. The smallest absolute Gasteiger partial charge is 0.349 e. The zero-order valence-electron chi connectivity index (χ0n) is 32.8. The summed E-state index contributed by atoms with van der Waals surface area (Å²) < 4.78 is 26.3. The second kappa shape index (κ2) is 20.9. The highest BCUT2D eigenvalue weighted by Gasteiger charge is 2.36. The van der Waals surface area contributed by atoms with Crippen LogP contribution < -0.4 is 9.47 Å². The average Bonchev–Trinajstić information content (AvgIpc) is 3.10. The van der Waals surface area contributed by atoms with E-state index in [0.29, 0.717) is 17.1 Å². The minimum absolute atomic E-state index is 0.0288. The van der Waals surface area contributed by atoms with Gasteiger partial charge in [0.05, 0.1) is 17.3 Å². The van der Waals surface area contributed by atoms with Crippen molar-refractivity contribution in [3.05, 3.63) is 106 Å². The van der Waals surface area contributed by atoms with Crippen molar-refractivity contribution in [1.29, 1.82) is 0 Å². The zero-order valence-corrected chi connectivity index (χ0v) is 34.9. The van der Waals surface area contributed by atoms with Gasteiger partial charge in [-0.3, -0.25) is 9.63 Å². The third-order valence-electron chi connectivity index (χ3n) is 7.40. The lowest BCUT2D eigenvalue weighted by atomic mass is 10.1. The van der Waals surface area contributed by atoms with Gasteiger partial charge in [0.15, 0.2) is 0 Å². The molecule has 0 atom stereocenters. The van der Waals surface area contributed by atoms with E-state index >= 15 is 0 Å². The number of phenols is 4. The number of carboxylic acid groups (broad SMARTS) is 1. The third-order valence-corrected chi connectivity index (χ3v) is 8.03. The number of rotatable bonds is 4. The molecule has 2 aliphatic rings. The molecule has 0 saturated heterocycles. The number of hydrogen-bond donors (Lipinski definition) is 5. The van der Waals surface area contributed by atoms with Gasteiger partial charge in [0.1, 0.15) is 51.2 Å². The van der Waals surface area contributed by atoms with Crippen LogP contribution in [0.25, 0.3) is 0 Å². The number of ether oxygens (including phenoxy) is 5. The number of cyclic esters (lactones) is 2. The molecule has 0 aliphatic carbocycles. The Labute approximate surface area is 343 Å². The lowest BCUT2D eigenvalue weighted by Crippen LogP contribution is -2.39. The van der Waals surface area contributed by atoms with E-state index < -0.39 is 40.6 Å². The van der Waals surface area contributed by atoms with Crippen molar-refractivity contribution in [2.24, 2.45) is 0 Å². The number of amides is 1. The Morgan fingerprint density at radius 1 is 0.649 bits per heavy atom. The molecule has 6 rings (SSSR count). The average molecular weight is 908 g/mol. The number of phenolic OH excluding ortho intramolecular Hbond substituents is 2. The first kappa shape index (κ1) is 47.4. The Kier molecular flexibility index (Phi) is 17.4. The predicted molar refractivity (Wildman–Crippen MR) is 214 cm³/mol. The van der Waals surface area contributed by atoms with Crippen LogP contribution in [0.15, 0.2) is 72.8 Å². The van der Waals surface area contributed by atoms with Crippen LogP contribution in [0.2, 0.25) is 0 Å². The number of carbonyl (C=O) groups excluding carboxylic acids is 3. The number of aryl methyl sites for hydroxylation is 2. The van der Waals surface area contributed by atoms with Gasteiger partial charge in [-0.2, -0.15) is 0 Å². The van der Waals surface area contributed by atoms with Crippen molar-refractivity contribution in [2.45, 2.75) is 53.1 Å². The van der Waals surface area contributed by atoms with E-state index in [2.05, 4.69) is 27.3 Å². The molecule has 0 spiro atoms. The Morgan fingerprint density at radius 3 is 1.47 bits per heavy atom. The fourth-order valence-electron chi connectivity index (χ4n) is 4.84. The minimum atomic E-state index is -1.35. The molecular weight excluding hydrogens is 861 g/mol. The van der Waals surface area contributed by atoms with Crippen LogP contribution in [-0.4, -0.2) is 91.9 Å². The van der Waals surface area contributed by atoms with Crippen LogP contribution in [0.5, 0.6) is 34.5 Å². The summed E-state index contributed by atoms with van der Waals surface area (Å²) in [6.07, 6.45) is 0. The van der Waals surface area contributed by atoms with Gasteiger partial charge in [0.2, 0.25) is 11.6 Å². The molecule has 17 heteroatoms. The molecule has 0 radical (unpaired) electrons. The molecule has 16 nitrogen and oxygen atoms in total. The summed E-state index contributed by atoms with van der Waals surface area (Å²) in [7, 11) is 4.56. The zero-order chi connectivity index (χ0) is 43.2. The summed E-state index contributed by atoms with van der Waals surface area (Å²) in [5, 5.41) is 46.3. The fourth-order valence-corrected chi connectivity index (χ4v) is 4.84. The third kappa shape index (κ3) is 13.4. The van der Waals surface area contributed by atoms with Crippen molar-refractivity contribution in [2.75, 3.05) is 25.9 Å². The number of methoxy groups -OCH3 is 1. The SMILES string of the molecule is CC1(C)OC(=O)c2c(O)cccc2O1.COCI.CON(C)C(=O)c1c(C)cccc1O.Cc1cccc2c1C(=O)OC(C)(C)O2.O=C(O)c1c(O)cccc1O. The number of halogens is 1. The molecule has 0 aromatic heterocycles. The highest BCUT2D eigenvalue weighted by molar-refractivity contribution is 14.1. The van der Waals surface area contributed by atoms with E-state index in [4.69, 9.17) is 39.1 Å². The first-order valence-corrected chi connectivity index (χ1v) is 18.3. The van der Waals surface area contributed by atoms with Gasteiger partial charge >= 0.3 is 17.9 Å². The number of nitrogens with zero attached hydrogens (tertiary/aromatic N) is 1. The van der Waals surface area contributed by atoms with E-state index in [0.717, 1.165) is 20.8 Å². The molecule has 5 N–H and O–H groups in total. The summed E-state index contributed by atoms with van der Waals surface area (Å²) in [5.74, 6) is -4.47. The summed E-state index contributed by atoms with van der Waals surface area (Å²) in [5.41, 5.74) is 2.03. The second-order valence-corrected chi connectivity index (χ2v) is 13.3. The van der Waals surface area contributed by atoms with Crippen molar-refractivity contribution in [1.82, 2.24) is 5.06 Å². The summed E-state index contributed by atoms with van der Waals surface area (Å²) in [4.78, 5) is 49.8. The van der Waals surface area contributed by atoms with E-state index in [9.17, 15) is 29.4 Å². The number of esters is 2. The lowest BCUT2D eigenvalue weighted by molar-refractivity contribution is -0.128. The number of benzene rings is 4. The Bertz CT molecular complexity index is 1930. The number of aromatic carboxylic acids is 1. The summed E-state index contributed by atoms with van der Waals surface area (Å²) >= 11 is 2.13. The molecule has 0 unspecified atom stereocenters. The molecule has 308 valence electrons. The van der Waals surface area contributed by atoms with Crippen LogP contribution in [0.3, 0.4) is 0 Å². The number of hydroxylamine groups is 2. The Balaban J connectivity index is 0.000000255. The van der Waals surface area contributed by atoms with Gasteiger partial charge in [-0.05, 0) is 61.4 Å². The molecular formula is C40H46INO15. The van der Waals surface area contributed by atoms with Crippen LogP contribution in [0.4, 0.5) is 0 Å². The number of hydrogen-bond acceptors (Lipinski definition) is 14. The quantitative estimate of drug-likeness (QED) is 0.0595. The maximum atomic E-state index is 11.7. The largest absolute Gasteiger partial charge is 0.507 e. The van der Waals surface area contributed by atoms with Crippen LogP contribution in [0.1, 0.15) is 80.3 Å². The van der Waals surface area contributed by atoms with Crippen molar-refractivity contribution < 1.29 is 73.2 Å². The molecule has 0 fully saturated rings. The normalized spacial score (nSPS) is 13.6. The van der Waals surface area contributed by atoms with Crippen molar-refractivity contribution >= 4 is 46.4 Å². The Hall–Kier alpha value is -5.79. The molecule has 1 amide bonds. The highest BCUT2D eigenvalue weighted by Crippen LogP contribution is 2.36. The molecule has 2 heterocycles. The number of carboxylic acids is 1. The predicted octanol–water partition coefficient (Wildman–Crippen LogP) is 7.11. The summed E-state index contributed by atoms with van der Waals surface area (Å²) in [6, 6.07) is 18.8. The number of carbonyl (C=O) groups is 4. The summed E-state index contributed by atoms with van der Waals surface area (Å²) in [6.45, 7) is 10.3. The maximum Gasteiger partial charge on any atom is 0.349 e. The van der Waals surface area contributed by atoms with Gasteiger partial charge < -0.3 is 49.2 Å². The first-order valence-electron chi connectivity index (χ1n) is 16.8. The van der Waals surface area contributed by atoms with E-state index in [-0.39, 0.29) is 34.5 Å². The van der Waals surface area contributed by atoms with Gasteiger partial charge in [-0.1, -0.05) is 59.0 Å². The van der Waals surface area contributed by atoms with Crippen LogP contribution in [-0.2, 0) is 19.0 Å². The van der Waals surface area contributed by atoms with Gasteiger partial charge in [0.25, 0.3) is 5.91 Å². The van der Waals surface area contributed by atoms with Gasteiger partial charge in [0, 0.05) is 41.9 Å². The molecule has 2 aliphatic heterocycles. The molecule has 4 aromatic carbocycles. The van der Waals surface area contributed by atoms with E-state index in [1.54, 1.807) is 72.1 Å². The standard InChI is InChI=1S/C11H12O3.C10H13NO3.C10H10O4.C7H6O4.C2H5IO/c1-7-5-4-6-8-9(7)10(12)14-11(2,3)13-8;1-7-5-4-6-8(12)9(7)10(13)11(2)14-3;1-10(2)13-7-5-3-4-6(11)8(7)9(12)14-10;8-4-2-1-3-5(9)6(4)7(10)11;1-4-2-3/h4-6H,1-3H3;4-6,12H,1-3H3;3-5,11H,1-2H3;1-3,8-9H,(H,10,11);2H2,1H3. The topological polar surface area (TPSA) is 228 Å². The lowest BCUT2D eigenvalue weighted by Gasteiger charge is -2.32. The van der Waals surface area contributed by atoms with Crippen LogP contribution >= 0.6 is 22.6 Å². The van der Waals surface area contributed by atoms with Crippen LogP contribution in [0, 0.1) is 13.8 Å². The molecule has 4 aromatic rings. The monoisotopic (exact) mass is 907 g/mol. The van der Waals surface area contributed by atoms with Gasteiger partial charge in [-0.25, -0.2) is 19.4 Å². The van der Waals surface area contributed by atoms with Crippen molar-refractivity contribution in [3.8, 4) is 34.5 Å². The Morgan fingerprint density at radius 2 is 1.04 bits per heavy atom. The van der Waals surface area contributed by atoms with E-state index in [1.165, 1.54) is 44.5 Å². The first-order chi connectivity index (χ1) is 26.6. The second-order valence-electron chi connectivity index (χ2n) is 12.7.